The van der Waals surface area contributed by atoms with Crippen LogP contribution in [0.2, 0.25) is 0 Å². The minimum Gasteiger partial charge on any atom is -0.464 e. The maximum absolute atomic E-state index is 11.8. The molecule has 0 radical (unpaired) electrons. The Morgan fingerprint density at radius 1 is 1.48 bits per heavy atom. The number of ether oxygens (including phenoxy) is 1. The van der Waals surface area contributed by atoms with Crippen molar-refractivity contribution in [2.24, 2.45) is 11.0 Å². The first-order valence-electron chi connectivity index (χ1n) is 6.48. The van der Waals surface area contributed by atoms with E-state index in [9.17, 15) is 19.5 Å². The molecule has 0 aliphatic heterocycles. The highest BCUT2D eigenvalue weighted by Crippen LogP contribution is 2.41. The summed E-state index contributed by atoms with van der Waals surface area (Å²) in [5, 5.41) is 10.6. The van der Waals surface area contributed by atoms with Crippen molar-refractivity contribution in [1.29, 1.82) is 0 Å². The molecule has 1 unspecified atom stereocenters. The molecule has 23 heavy (non-hydrogen) atoms. The first-order chi connectivity index (χ1) is 10.6. The molecule has 0 spiro atoms. The number of likely N-dealkylation sites (N-methyl/N-ethyl adjacent to an activating group) is 1. The van der Waals surface area contributed by atoms with Gasteiger partial charge in [0.05, 0.1) is 11.3 Å². The molecule has 1 aromatic heterocycles. The SMILES string of the molecule is CN(C)CCOC(=O)CC(OP(N)(N)=O)c1ccc([N+](=O)[O-])s1. The second-order valence-corrected chi connectivity index (χ2v) is 7.50. The van der Waals surface area contributed by atoms with Gasteiger partial charge in [0.15, 0.2) is 0 Å². The fourth-order valence-corrected chi connectivity index (χ4v) is 3.06. The summed E-state index contributed by atoms with van der Waals surface area (Å²) in [7, 11) is -0.233. The van der Waals surface area contributed by atoms with Crippen LogP contribution in [0.1, 0.15) is 17.4 Å². The van der Waals surface area contributed by atoms with Crippen LogP contribution in [0.15, 0.2) is 12.1 Å². The third kappa shape index (κ3) is 7.64. The minimum atomic E-state index is -3.88. The Bertz CT molecular complexity index is 601. The predicted octanol–water partition coefficient (Wildman–Crippen LogP) is 1.23. The number of thiophene rings is 1. The molecule has 1 aromatic rings. The van der Waals surface area contributed by atoms with Crippen LogP contribution in [-0.4, -0.2) is 43.0 Å². The maximum atomic E-state index is 11.8. The molecule has 0 saturated carbocycles. The monoisotopic (exact) mass is 366 g/mol. The Morgan fingerprint density at radius 3 is 2.61 bits per heavy atom. The first kappa shape index (κ1) is 19.7. The third-order valence-corrected chi connectivity index (χ3v) is 4.27. The number of nitro groups is 1. The molecule has 4 N–H and O–H groups in total. The van der Waals surface area contributed by atoms with Crippen molar-refractivity contribution in [1.82, 2.24) is 4.90 Å². The highest BCUT2D eigenvalue weighted by atomic mass is 32.1. The Balaban J connectivity index is 2.78. The number of rotatable bonds is 9. The quantitative estimate of drug-likeness (QED) is 0.284. The second-order valence-electron chi connectivity index (χ2n) is 4.90. The van der Waals surface area contributed by atoms with Gasteiger partial charge < -0.3 is 9.64 Å². The average molecular weight is 366 g/mol. The fraction of sp³-hybridized carbons (Fsp3) is 0.545. The van der Waals surface area contributed by atoms with E-state index in [-0.39, 0.29) is 18.0 Å². The molecule has 1 heterocycles. The standard InChI is InChI=1S/C11H19N4O6PS/c1-14(2)5-6-20-11(16)7-8(21-22(12,13)19)9-3-4-10(23-9)15(17)18/h3-4,8H,5-7H2,1-2H3,(H4,12,13,19). The third-order valence-electron chi connectivity index (χ3n) is 2.56. The zero-order valence-electron chi connectivity index (χ0n) is 12.7. The Hall–Kier alpha value is -1.36. The number of carbonyl (C=O) groups is 1. The van der Waals surface area contributed by atoms with Crippen LogP contribution in [-0.2, 0) is 18.6 Å². The van der Waals surface area contributed by atoms with E-state index in [4.69, 9.17) is 20.3 Å². The van der Waals surface area contributed by atoms with E-state index >= 15 is 0 Å². The van der Waals surface area contributed by atoms with E-state index in [0.717, 1.165) is 11.3 Å². The maximum Gasteiger partial charge on any atom is 0.336 e. The number of nitrogens with two attached hydrogens (primary N) is 2. The van der Waals surface area contributed by atoms with Crippen molar-refractivity contribution in [3.05, 3.63) is 27.1 Å². The van der Waals surface area contributed by atoms with Crippen LogP contribution in [0.3, 0.4) is 0 Å². The van der Waals surface area contributed by atoms with Crippen LogP contribution in [0.25, 0.3) is 0 Å². The highest BCUT2D eigenvalue weighted by molar-refractivity contribution is 7.53. The second kappa shape index (κ2) is 8.48. The summed E-state index contributed by atoms with van der Waals surface area (Å²) in [6.45, 7) is 0.708. The Kier molecular flexibility index (Phi) is 7.26. The summed E-state index contributed by atoms with van der Waals surface area (Å²) in [6.07, 6.45) is -1.37. The molecule has 0 amide bonds. The molecule has 10 nitrogen and oxygen atoms in total. The van der Waals surface area contributed by atoms with Crippen molar-refractivity contribution < 1.29 is 23.5 Å². The largest absolute Gasteiger partial charge is 0.464 e. The molecule has 0 bridgehead atoms. The molecule has 130 valence electrons. The summed E-state index contributed by atoms with van der Waals surface area (Å²) < 4.78 is 21.5. The van der Waals surface area contributed by atoms with E-state index in [1.165, 1.54) is 12.1 Å². The summed E-state index contributed by atoms with van der Waals surface area (Å²) >= 11 is 0.788. The summed E-state index contributed by atoms with van der Waals surface area (Å²) in [4.78, 5) is 24.1. The molecule has 0 fully saturated rings. The highest BCUT2D eigenvalue weighted by Gasteiger charge is 2.27. The molecule has 0 aromatic carbocycles. The van der Waals surface area contributed by atoms with E-state index in [0.29, 0.717) is 11.4 Å². The predicted molar refractivity (Wildman–Crippen MR) is 84.9 cm³/mol. The minimum absolute atomic E-state index is 0.140. The van der Waals surface area contributed by atoms with Crippen molar-refractivity contribution >= 4 is 30.0 Å². The first-order valence-corrected chi connectivity index (χ1v) is 9.06. The van der Waals surface area contributed by atoms with Crippen LogP contribution in [0, 0.1) is 10.1 Å². The molecule has 12 heteroatoms. The number of hydrogen-bond acceptors (Lipinski definition) is 8. The zero-order chi connectivity index (χ0) is 17.6. The Morgan fingerprint density at radius 2 is 2.13 bits per heavy atom. The number of esters is 1. The van der Waals surface area contributed by atoms with Gasteiger partial charge in [-0.1, -0.05) is 11.3 Å². The smallest absolute Gasteiger partial charge is 0.336 e. The van der Waals surface area contributed by atoms with Gasteiger partial charge in [0.2, 0.25) is 0 Å². The number of nitrogens with zero attached hydrogens (tertiary/aromatic N) is 2. The van der Waals surface area contributed by atoms with Gasteiger partial charge in [-0.15, -0.1) is 0 Å². The topological polar surface area (TPSA) is 151 Å². The number of carbonyl (C=O) groups excluding carboxylic acids is 1. The Labute approximate surface area is 137 Å². The van der Waals surface area contributed by atoms with Gasteiger partial charge >= 0.3 is 18.6 Å². The zero-order valence-corrected chi connectivity index (χ0v) is 14.4. The van der Waals surface area contributed by atoms with Crippen LogP contribution < -0.4 is 11.0 Å². The van der Waals surface area contributed by atoms with E-state index in [1.807, 2.05) is 19.0 Å². The molecule has 0 aliphatic rings. The van der Waals surface area contributed by atoms with Crippen molar-refractivity contribution in [3.8, 4) is 0 Å². The molecular weight excluding hydrogens is 347 g/mol. The van der Waals surface area contributed by atoms with Gasteiger partial charge in [-0.05, 0) is 20.2 Å². The summed E-state index contributed by atoms with van der Waals surface area (Å²) in [5.74, 6) is -0.610. The van der Waals surface area contributed by atoms with Crippen LogP contribution in [0.5, 0.6) is 0 Å². The van der Waals surface area contributed by atoms with Crippen molar-refractivity contribution in [2.45, 2.75) is 12.5 Å². The van der Waals surface area contributed by atoms with Gasteiger partial charge in [-0.2, -0.15) is 0 Å². The van der Waals surface area contributed by atoms with Gasteiger partial charge in [0, 0.05) is 17.5 Å². The number of hydrogen-bond donors (Lipinski definition) is 2. The summed E-state index contributed by atoms with van der Waals surface area (Å²) in [5.41, 5.74) is 10.4. The van der Waals surface area contributed by atoms with Gasteiger partial charge in [-0.3, -0.25) is 24.0 Å². The molecule has 1 atom stereocenters. The summed E-state index contributed by atoms with van der Waals surface area (Å²) in [6, 6.07) is 2.65. The lowest BCUT2D eigenvalue weighted by Gasteiger charge is -2.18. The van der Waals surface area contributed by atoms with Crippen LogP contribution in [0.4, 0.5) is 5.00 Å². The van der Waals surface area contributed by atoms with E-state index in [2.05, 4.69) is 0 Å². The van der Waals surface area contributed by atoms with Gasteiger partial charge in [0.1, 0.15) is 12.7 Å². The fourth-order valence-electron chi connectivity index (χ4n) is 1.55. The average Bonchev–Trinajstić information content (AvgIpc) is 2.85. The van der Waals surface area contributed by atoms with Gasteiger partial charge in [-0.25, -0.2) is 11.0 Å². The lowest BCUT2D eigenvalue weighted by Crippen LogP contribution is -2.21. The lowest BCUT2D eigenvalue weighted by atomic mass is 10.2. The molecule has 0 saturated heterocycles. The van der Waals surface area contributed by atoms with Crippen molar-refractivity contribution in [2.75, 3.05) is 27.2 Å². The molecule has 1 rings (SSSR count). The van der Waals surface area contributed by atoms with E-state index < -0.39 is 24.7 Å². The lowest BCUT2D eigenvalue weighted by molar-refractivity contribution is -0.380. The van der Waals surface area contributed by atoms with E-state index in [1.54, 1.807) is 0 Å². The van der Waals surface area contributed by atoms with Crippen molar-refractivity contribution in [3.63, 3.8) is 0 Å². The van der Waals surface area contributed by atoms with Gasteiger partial charge in [0.25, 0.3) is 0 Å². The normalized spacial score (nSPS) is 13.1. The molecular formula is C11H19N4O6PS. The molecule has 0 aliphatic carbocycles. The van der Waals surface area contributed by atoms with Crippen LogP contribution >= 0.6 is 19.0 Å².